The number of ether oxygens (including phenoxy) is 1. The van der Waals surface area contributed by atoms with Crippen LogP contribution in [0.4, 0.5) is 17.6 Å². The summed E-state index contributed by atoms with van der Waals surface area (Å²) in [4.78, 5) is 12.1. The Bertz CT molecular complexity index is 974. The highest BCUT2D eigenvalue weighted by Crippen LogP contribution is 2.45. The van der Waals surface area contributed by atoms with Crippen molar-refractivity contribution in [2.75, 3.05) is 6.61 Å². The Labute approximate surface area is 179 Å². The van der Waals surface area contributed by atoms with Crippen LogP contribution in [0.5, 0.6) is 5.75 Å². The lowest BCUT2D eigenvalue weighted by molar-refractivity contribution is -0.141. The molecule has 0 fully saturated rings. The highest BCUT2D eigenvalue weighted by atomic mass is 19.4. The number of alkyl halides is 3. The minimum Gasteiger partial charge on any atom is -0.493 e. The lowest BCUT2D eigenvalue weighted by Gasteiger charge is -2.26. The van der Waals surface area contributed by atoms with Crippen molar-refractivity contribution >= 4 is 5.97 Å². The zero-order chi connectivity index (χ0) is 23.0. The summed E-state index contributed by atoms with van der Waals surface area (Å²) in [6, 6.07) is 6.12. The number of aryl methyl sites for hydroxylation is 1. The smallest absolute Gasteiger partial charge is 0.416 e. The van der Waals surface area contributed by atoms with E-state index in [1.165, 1.54) is 6.07 Å². The normalized spacial score (nSPS) is 15.2. The second kappa shape index (κ2) is 8.52. The van der Waals surface area contributed by atoms with Crippen molar-refractivity contribution in [1.29, 1.82) is 0 Å². The number of carboxylic acids is 1. The molecule has 1 aliphatic heterocycles. The predicted molar refractivity (Wildman–Crippen MR) is 110 cm³/mol. The standard InChI is InChI=1S/C24H26F4O3/c1-23(2,3)11-10-16(22(29)30)21-17(24(26,27)28)7-8-18(25)20(21)15-6-9-19-14(13-15)5-4-12-31-19/h6-9,13,16H,4-5,10-12H2,1-3H3,(H,29,30). The fourth-order valence-corrected chi connectivity index (χ4v) is 3.98. The highest BCUT2D eigenvalue weighted by molar-refractivity contribution is 5.83. The third-order valence-corrected chi connectivity index (χ3v) is 5.53. The van der Waals surface area contributed by atoms with Crippen molar-refractivity contribution in [3.63, 3.8) is 0 Å². The quantitative estimate of drug-likeness (QED) is 0.521. The SMILES string of the molecule is CC(C)(C)CCC(C(=O)O)c1c(C(F)(F)F)ccc(F)c1-c1ccc2c(c1)CCCO2. The van der Waals surface area contributed by atoms with Gasteiger partial charge in [0.2, 0.25) is 0 Å². The van der Waals surface area contributed by atoms with E-state index in [-0.39, 0.29) is 23.0 Å². The fraction of sp³-hybridized carbons (Fsp3) is 0.458. The molecule has 3 nitrogen and oxygen atoms in total. The first-order chi connectivity index (χ1) is 14.4. The topological polar surface area (TPSA) is 46.5 Å². The van der Waals surface area contributed by atoms with Gasteiger partial charge in [0.25, 0.3) is 0 Å². The molecule has 1 unspecified atom stereocenters. The third kappa shape index (κ3) is 5.20. The van der Waals surface area contributed by atoms with Crippen molar-refractivity contribution in [2.45, 2.75) is 58.5 Å². The van der Waals surface area contributed by atoms with Crippen LogP contribution in [0.3, 0.4) is 0 Å². The van der Waals surface area contributed by atoms with Crippen LogP contribution in [0.25, 0.3) is 11.1 Å². The van der Waals surface area contributed by atoms with Crippen LogP contribution >= 0.6 is 0 Å². The molecule has 1 N–H and O–H groups in total. The fourth-order valence-electron chi connectivity index (χ4n) is 3.98. The Morgan fingerprint density at radius 1 is 1.16 bits per heavy atom. The molecule has 7 heteroatoms. The average Bonchev–Trinajstić information content (AvgIpc) is 2.65. The number of aliphatic carboxylic acids is 1. The second-order valence-corrected chi connectivity index (χ2v) is 9.15. The molecular formula is C24H26F4O3. The van der Waals surface area contributed by atoms with E-state index in [1.807, 2.05) is 20.8 Å². The summed E-state index contributed by atoms with van der Waals surface area (Å²) in [5.74, 6) is -3.15. The summed E-state index contributed by atoms with van der Waals surface area (Å²) in [6.07, 6.45) is -3.07. The van der Waals surface area contributed by atoms with Gasteiger partial charge in [0, 0.05) is 5.56 Å². The zero-order valence-corrected chi connectivity index (χ0v) is 17.8. The lowest BCUT2D eigenvalue weighted by Crippen LogP contribution is -2.21. The molecule has 1 heterocycles. The van der Waals surface area contributed by atoms with Crippen molar-refractivity contribution in [3.8, 4) is 16.9 Å². The van der Waals surface area contributed by atoms with E-state index in [9.17, 15) is 23.1 Å². The van der Waals surface area contributed by atoms with Gasteiger partial charge in [-0.25, -0.2) is 4.39 Å². The van der Waals surface area contributed by atoms with Crippen LogP contribution in [-0.4, -0.2) is 17.7 Å². The van der Waals surface area contributed by atoms with Gasteiger partial charge in [-0.15, -0.1) is 0 Å². The van der Waals surface area contributed by atoms with Gasteiger partial charge < -0.3 is 9.84 Å². The second-order valence-electron chi connectivity index (χ2n) is 9.15. The van der Waals surface area contributed by atoms with Crippen molar-refractivity contribution in [2.24, 2.45) is 5.41 Å². The molecule has 0 radical (unpaired) electrons. The lowest BCUT2D eigenvalue weighted by atomic mass is 9.79. The average molecular weight is 438 g/mol. The molecule has 0 aromatic heterocycles. The van der Waals surface area contributed by atoms with E-state index < -0.39 is 35.0 Å². The number of carbonyl (C=O) groups is 1. The first-order valence-corrected chi connectivity index (χ1v) is 10.3. The van der Waals surface area contributed by atoms with Gasteiger partial charge in [0.05, 0.1) is 18.1 Å². The molecule has 168 valence electrons. The Balaban J connectivity index is 2.24. The molecule has 0 saturated carbocycles. The van der Waals surface area contributed by atoms with Gasteiger partial charge >= 0.3 is 12.1 Å². The summed E-state index contributed by atoms with van der Waals surface area (Å²) in [6.45, 7) is 6.19. The molecular weight excluding hydrogens is 412 g/mol. The molecule has 3 rings (SSSR count). The summed E-state index contributed by atoms with van der Waals surface area (Å²) in [5.41, 5.74) is -1.22. The van der Waals surface area contributed by atoms with Crippen LogP contribution in [0.1, 0.15) is 62.6 Å². The molecule has 0 saturated heterocycles. The number of hydrogen-bond acceptors (Lipinski definition) is 2. The monoisotopic (exact) mass is 438 g/mol. The van der Waals surface area contributed by atoms with Crippen molar-refractivity contribution < 1.29 is 32.2 Å². The minimum absolute atomic E-state index is 0.0353. The Morgan fingerprint density at radius 3 is 2.48 bits per heavy atom. The van der Waals surface area contributed by atoms with E-state index >= 15 is 4.39 Å². The molecule has 0 bridgehead atoms. The summed E-state index contributed by atoms with van der Waals surface area (Å²) in [7, 11) is 0. The molecule has 1 aliphatic rings. The van der Waals surface area contributed by atoms with E-state index in [0.29, 0.717) is 31.3 Å². The number of benzene rings is 2. The van der Waals surface area contributed by atoms with Crippen LogP contribution in [0.2, 0.25) is 0 Å². The van der Waals surface area contributed by atoms with E-state index in [2.05, 4.69) is 0 Å². The molecule has 0 amide bonds. The first kappa shape index (κ1) is 23.1. The maximum atomic E-state index is 15.0. The van der Waals surface area contributed by atoms with Crippen LogP contribution in [0, 0.1) is 11.2 Å². The zero-order valence-electron chi connectivity index (χ0n) is 17.8. The van der Waals surface area contributed by atoms with E-state index in [0.717, 1.165) is 18.1 Å². The molecule has 2 aromatic rings. The minimum atomic E-state index is -4.81. The van der Waals surface area contributed by atoms with Gasteiger partial charge in [-0.1, -0.05) is 26.8 Å². The van der Waals surface area contributed by atoms with Gasteiger partial charge in [0.1, 0.15) is 11.6 Å². The number of halogens is 4. The van der Waals surface area contributed by atoms with Gasteiger partial charge in [-0.05, 0) is 72.1 Å². The molecule has 0 aliphatic carbocycles. The Hall–Kier alpha value is -2.57. The van der Waals surface area contributed by atoms with E-state index in [4.69, 9.17) is 4.74 Å². The largest absolute Gasteiger partial charge is 0.493 e. The third-order valence-electron chi connectivity index (χ3n) is 5.53. The number of carboxylic acid groups (broad SMARTS) is 1. The summed E-state index contributed by atoms with van der Waals surface area (Å²) >= 11 is 0. The van der Waals surface area contributed by atoms with Crippen LogP contribution < -0.4 is 4.74 Å². The van der Waals surface area contributed by atoms with Gasteiger partial charge in [-0.2, -0.15) is 13.2 Å². The number of hydrogen-bond donors (Lipinski definition) is 1. The predicted octanol–water partition coefficient (Wildman–Crippen LogP) is 6.83. The van der Waals surface area contributed by atoms with Crippen molar-refractivity contribution in [3.05, 3.63) is 52.8 Å². The maximum Gasteiger partial charge on any atom is 0.416 e. The van der Waals surface area contributed by atoms with Gasteiger partial charge in [-0.3, -0.25) is 4.79 Å². The summed E-state index contributed by atoms with van der Waals surface area (Å²) < 4.78 is 62.3. The van der Waals surface area contributed by atoms with Crippen LogP contribution in [0.15, 0.2) is 30.3 Å². The van der Waals surface area contributed by atoms with Crippen molar-refractivity contribution in [1.82, 2.24) is 0 Å². The molecule has 1 atom stereocenters. The highest BCUT2D eigenvalue weighted by Gasteiger charge is 2.40. The maximum absolute atomic E-state index is 15.0. The van der Waals surface area contributed by atoms with Crippen LogP contribution in [-0.2, 0) is 17.4 Å². The van der Waals surface area contributed by atoms with Gasteiger partial charge in [0.15, 0.2) is 0 Å². The Morgan fingerprint density at radius 2 is 1.87 bits per heavy atom. The number of fused-ring (bicyclic) bond motifs is 1. The van der Waals surface area contributed by atoms with E-state index in [1.54, 1.807) is 12.1 Å². The molecule has 0 spiro atoms. The molecule has 31 heavy (non-hydrogen) atoms. The molecule has 2 aromatic carbocycles. The number of rotatable bonds is 5. The Kier molecular flexibility index (Phi) is 6.35. The summed E-state index contributed by atoms with van der Waals surface area (Å²) in [5, 5.41) is 9.86. The first-order valence-electron chi connectivity index (χ1n) is 10.3.